The number of carbonyl (C=O) groups excluding carboxylic acids is 2. The lowest BCUT2D eigenvalue weighted by Gasteiger charge is -2.47. The van der Waals surface area contributed by atoms with E-state index in [0.717, 1.165) is 42.5 Å². The summed E-state index contributed by atoms with van der Waals surface area (Å²) >= 11 is 0. The normalized spacial score (nSPS) is 31.4. The lowest BCUT2D eigenvalue weighted by atomic mass is 9.57. The number of allylic oxidation sites excluding steroid dienone is 1. The number of fused-ring (bicyclic) bond motifs is 2. The molecule has 1 amide bonds. The van der Waals surface area contributed by atoms with Crippen LogP contribution in [0.2, 0.25) is 0 Å². The zero-order valence-corrected chi connectivity index (χ0v) is 20.7. The average molecular weight is 493 g/mol. The second-order valence-electron chi connectivity index (χ2n) is 10.3. The number of aromatic nitrogens is 1. The molecule has 0 bridgehead atoms. The zero-order valence-electron chi connectivity index (χ0n) is 20.7. The summed E-state index contributed by atoms with van der Waals surface area (Å²) in [5, 5.41) is 3.00. The van der Waals surface area contributed by atoms with Crippen molar-refractivity contribution in [3.63, 3.8) is 0 Å². The third kappa shape index (κ3) is 5.01. The average Bonchev–Trinajstić information content (AvgIpc) is 3.15. The van der Waals surface area contributed by atoms with E-state index in [9.17, 15) is 14.0 Å². The number of rotatable bonds is 5. The van der Waals surface area contributed by atoms with Gasteiger partial charge in [0, 0.05) is 23.7 Å². The number of hydrogen-bond acceptors (Lipinski definition) is 5. The van der Waals surface area contributed by atoms with Gasteiger partial charge in [-0.15, -0.1) is 0 Å². The molecule has 190 valence electrons. The van der Waals surface area contributed by atoms with E-state index >= 15 is 0 Å². The van der Waals surface area contributed by atoms with Gasteiger partial charge in [-0.25, -0.2) is 9.18 Å². The maximum absolute atomic E-state index is 13.6. The Morgan fingerprint density at radius 1 is 1.22 bits per heavy atom. The van der Waals surface area contributed by atoms with E-state index in [1.54, 1.807) is 19.2 Å². The van der Waals surface area contributed by atoms with Crippen LogP contribution in [-0.4, -0.2) is 35.8 Å². The highest BCUT2D eigenvalue weighted by molar-refractivity contribution is 5.75. The Morgan fingerprint density at radius 3 is 2.83 bits per heavy atom. The monoisotopic (exact) mass is 492 g/mol. The Balaban J connectivity index is 1.34. The van der Waals surface area contributed by atoms with Crippen LogP contribution in [0.4, 0.5) is 9.18 Å². The molecule has 0 spiro atoms. The van der Waals surface area contributed by atoms with Crippen molar-refractivity contribution < 1.29 is 23.5 Å². The van der Waals surface area contributed by atoms with E-state index in [2.05, 4.69) is 16.4 Å². The molecule has 7 heteroatoms. The number of hydrogen-bond donors (Lipinski definition) is 1. The molecule has 6 nitrogen and oxygen atoms in total. The van der Waals surface area contributed by atoms with Crippen LogP contribution in [0.3, 0.4) is 0 Å². The number of cyclic esters (lactones) is 1. The van der Waals surface area contributed by atoms with Crippen LogP contribution >= 0.6 is 0 Å². The van der Waals surface area contributed by atoms with Gasteiger partial charge in [0.05, 0.1) is 18.2 Å². The fourth-order valence-electron chi connectivity index (χ4n) is 6.64. The molecule has 7 atom stereocenters. The summed E-state index contributed by atoms with van der Waals surface area (Å²) in [5.41, 5.74) is 2.48. The fraction of sp³-hybridized carbons (Fsp3) is 0.483. The molecule has 2 saturated carbocycles. The predicted molar refractivity (Wildman–Crippen MR) is 134 cm³/mol. The summed E-state index contributed by atoms with van der Waals surface area (Å²) in [4.78, 5) is 29.2. The summed E-state index contributed by atoms with van der Waals surface area (Å²) in [6, 6.07) is 10.4. The Labute approximate surface area is 211 Å². The van der Waals surface area contributed by atoms with E-state index in [1.807, 2.05) is 31.2 Å². The topological polar surface area (TPSA) is 77.5 Å². The number of esters is 1. The van der Waals surface area contributed by atoms with Crippen LogP contribution in [-0.2, 0) is 14.3 Å². The van der Waals surface area contributed by atoms with Gasteiger partial charge in [0.1, 0.15) is 11.9 Å². The number of amides is 1. The number of benzene rings is 1. The number of alkyl carbamates (subject to hydrolysis) is 1. The van der Waals surface area contributed by atoms with Gasteiger partial charge in [-0.05, 0) is 87.1 Å². The molecule has 1 aromatic carbocycles. The summed E-state index contributed by atoms with van der Waals surface area (Å²) < 4.78 is 24.3. The van der Waals surface area contributed by atoms with Crippen LogP contribution in [0.1, 0.15) is 45.2 Å². The molecule has 0 radical (unpaired) electrons. The summed E-state index contributed by atoms with van der Waals surface area (Å²) in [5.74, 6) is 0.629. The maximum atomic E-state index is 13.6. The minimum absolute atomic E-state index is 0.0679. The molecule has 1 aromatic heterocycles. The number of ether oxygens (including phenoxy) is 2. The van der Waals surface area contributed by atoms with Gasteiger partial charge in [0.15, 0.2) is 0 Å². The Kier molecular flexibility index (Phi) is 7.08. The molecule has 2 heterocycles. The number of halogens is 1. The second kappa shape index (κ2) is 10.4. The fourth-order valence-corrected chi connectivity index (χ4v) is 6.64. The van der Waals surface area contributed by atoms with Crippen LogP contribution < -0.4 is 5.32 Å². The third-order valence-electron chi connectivity index (χ3n) is 8.18. The molecule has 36 heavy (non-hydrogen) atoms. The number of nitrogens with zero attached hydrogens (tertiary/aromatic N) is 1. The number of carbonyl (C=O) groups is 2. The van der Waals surface area contributed by atoms with Gasteiger partial charge >= 0.3 is 12.1 Å². The molecular weight excluding hydrogens is 459 g/mol. The molecule has 2 aliphatic carbocycles. The van der Waals surface area contributed by atoms with Crippen molar-refractivity contribution in [2.24, 2.45) is 29.6 Å². The predicted octanol–water partition coefficient (Wildman–Crippen LogP) is 5.63. The molecule has 2 aromatic rings. The van der Waals surface area contributed by atoms with E-state index < -0.39 is 0 Å². The van der Waals surface area contributed by atoms with Gasteiger partial charge in [0.2, 0.25) is 0 Å². The van der Waals surface area contributed by atoms with Gasteiger partial charge in [-0.2, -0.15) is 0 Å². The van der Waals surface area contributed by atoms with Crippen molar-refractivity contribution in [1.29, 1.82) is 0 Å². The van der Waals surface area contributed by atoms with Crippen LogP contribution in [0.25, 0.3) is 17.2 Å². The zero-order chi connectivity index (χ0) is 25.2. The Bertz CT molecular complexity index is 1130. The standard InChI is InChI=1S/C29H33FN2O4/c1-3-35-29(34)32-23-10-11-24-20(14-23)15-26-27(17(2)36-28(26)33)25(24)12-9-22-8-7-19(16-31-22)18-5-4-6-21(30)13-18/h4-9,12-13,16-17,20,23-27H,3,10-11,14-15H2,1-2H3,(H,32,34)/t17-,20+,23-,24+,25+,26-,27-/m0/s1. The third-order valence-corrected chi connectivity index (χ3v) is 8.18. The van der Waals surface area contributed by atoms with Gasteiger partial charge < -0.3 is 14.8 Å². The van der Waals surface area contributed by atoms with E-state index in [0.29, 0.717) is 18.4 Å². The molecule has 5 rings (SSSR count). The first-order valence-electron chi connectivity index (χ1n) is 13.0. The van der Waals surface area contributed by atoms with Gasteiger partial charge in [-0.1, -0.05) is 24.3 Å². The van der Waals surface area contributed by atoms with Crippen molar-refractivity contribution in [3.05, 3.63) is 60.2 Å². The molecular formula is C29H33FN2O4. The van der Waals surface area contributed by atoms with E-state index in [1.165, 1.54) is 12.1 Å². The minimum Gasteiger partial charge on any atom is -0.462 e. The van der Waals surface area contributed by atoms with Crippen molar-refractivity contribution in [2.45, 2.75) is 51.7 Å². The van der Waals surface area contributed by atoms with Crippen molar-refractivity contribution in [2.75, 3.05) is 6.61 Å². The SMILES string of the molecule is CCOC(=O)N[C@H]1CC[C@@H]2[C@H](C1)C[C@@H]1C(=O)O[C@@H](C)[C@H]1[C@@H]2C=Cc1ccc(-c2cccc(F)c2)cn1. The summed E-state index contributed by atoms with van der Waals surface area (Å²) in [6.07, 6.45) is 9.07. The first-order valence-corrected chi connectivity index (χ1v) is 13.0. The van der Waals surface area contributed by atoms with E-state index in [4.69, 9.17) is 9.47 Å². The van der Waals surface area contributed by atoms with Crippen molar-refractivity contribution >= 4 is 18.1 Å². The first-order chi connectivity index (χ1) is 17.4. The van der Waals surface area contributed by atoms with Gasteiger partial charge in [0.25, 0.3) is 0 Å². The minimum atomic E-state index is -0.368. The molecule has 1 saturated heterocycles. The lowest BCUT2D eigenvalue weighted by molar-refractivity contribution is -0.144. The quantitative estimate of drug-likeness (QED) is 0.548. The van der Waals surface area contributed by atoms with E-state index in [-0.39, 0.29) is 47.8 Å². The van der Waals surface area contributed by atoms with Crippen molar-refractivity contribution in [3.8, 4) is 11.1 Å². The first kappa shape index (κ1) is 24.5. The highest BCUT2D eigenvalue weighted by atomic mass is 19.1. The largest absolute Gasteiger partial charge is 0.462 e. The van der Waals surface area contributed by atoms with Gasteiger partial charge in [-0.3, -0.25) is 9.78 Å². The van der Waals surface area contributed by atoms with Crippen molar-refractivity contribution in [1.82, 2.24) is 10.3 Å². The number of pyridine rings is 1. The van der Waals surface area contributed by atoms with Crippen LogP contribution in [0.5, 0.6) is 0 Å². The summed E-state index contributed by atoms with van der Waals surface area (Å²) in [7, 11) is 0. The molecule has 1 N–H and O–H groups in total. The van der Waals surface area contributed by atoms with Crippen LogP contribution in [0, 0.1) is 35.4 Å². The Morgan fingerprint density at radius 2 is 2.08 bits per heavy atom. The smallest absolute Gasteiger partial charge is 0.407 e. The van der Waals surface area contributed by atoms with Crippen LogP contribution in [0.15, 0.2) is 48.7 Å². The Hall–Kier alpha value is -3.22. The molecule has 0 unspecified atom stereocenters. The second-order valence-corrected chi connectivity index (χ2v) is 10.3. The molecule has 1 aliphatic heterocycles. The molecule has 3 aliphatic rings. The maximum Gasteiger partial charge on any atom is 0.407 e. The highest BCUT2D eigenvalue weighted by Gasteiger charge is 2.54. The molecule has 3 fully saturated rings. The number of nitrogens with one attached hydrogen (secondary N) is 1. The highest BCUT2D eigenvalue weighted by Crippen LogP contribution is 2.53. The summed E-state index contributed by atoms with van der Waals surface area (Å²) in [6.45, 7) is 4.15. The lowest BCUT2D eigenvalue weighted by Crippen LogP contribution is -2.48.